The number of carbonyl (C=O) groups is 1. The summed E-state index contributed by atoms with van der Waals surface area (Å²) in [6.07, 6.45) is 2.10. The van der Waals surface area contributed by atoms with E-state index in [1.165, 1.54) is 16.4 Å². The smallest absolute Gasteiger partial charge is 0.307 e. The lowest BCUT2D eigenvalue weighted by atomic mass is 9.96. The topological polar surface area (TPSA) is 111 Å². The van der Waals surface area contributed by atoms with Gasteiger partial charge >= 0.3 is 5.97 Å². The Balaban J connectivity index is 2.32. The molecule has 0 saturated carbocycles. The van der Waals surface area contributed by atoms with E-state index in [1.54, 1.807) is 6.92 Å². The Morgan fingerprint density at radius 1 is 1.48 bits per heavy atom. The molecule has 7 nitrogen and oxygen atoms in total. The van der Waals surface area contributed by atoms with Crippen LogP contribution in [0.4, 0.5) is 0 Å². The normalized spacial score (nSPS) is 23.4. The summed E-state index contributed by atoms with van der Waals surface area (Å²) in [6, 6.07) is 4.20. The van der Waals surface area contributed by atoms with Gasteiger partial charge in [-0.3, -0.25) is 4.79 Å². The molecule has 1 saturated heterocycles. The van der Waals surface area contributed by atoms with Gasteiger partial charge in [-0.2, -0.15) is 9.57 Å². The molecule has 112 valence electrons. The Hall–Kier alpha value is -1.98. The summed E-state index contributed by atoms with van der Waals surface area (Å²) in [7, 11) is -3.80. The van der Waals surface area contributed by atoms with Gasteiger partial charge in [-0.25, -0.2) is 13.4 Å². The van der Waals surface area contributed by atoms with E-state index < -0.39 is 21.9 Å². The van der Waals surface area contributed by atoms with Crippen molar-refractivity contribution in [1.82, 2.24) is 9.29 Å². The predicted molar refractivity (Wildman–Crippen MR) is 72.7 cm³/mol. The molecule has 0 amide bonds. The van der Waals surface area contributed by atoms with Crippen molar-refractivity contribution in [3.63, 3.8) is 0 Å². The average Bonchev–Trinajstić information content (AvgIpc) is 2.47. The lowest BCUT2D eigenvalue weighted by Gasteiger charge is -2.35. The maximum atomic E-state index is 12.6. The zero-order valence-electron chi connectivity index (χ0n) is 11.4. The number of aromatic nitrogens is 1. The van der Waals surface area contributed by atoms with Crippen LogP contribution >= 0.6 is 0 Å². The quantitative estimate of drug-likeness (QED) is 0.885. The van der Waals surface area contributed by atoms with Crippen LogP contribution in [-0.2, 0) is 14.8 Å². The fourth-order valence-corrected chi connectivity index (χ4v) is 4.00. The Kier molecular flexibility index (Phi) is 4.25. The minimum Gasteiger partial charge on any atom is -0.481 e. The Bertz CT molecular complexity index is 678. The van der Waals surface area contributed by atoms with Gasteiger partial charge < -0.3 is 5.11 Å². The molecule has 0 spiro atoms. The Labute approximate surface area is 122 Å². The number of hydrogen-bond acceptors (Lipinski definition) is 5. The SMILES string of the molecule is CC1CCC(C(=O)O)CN1S(=O)(=O)c1ccc(C#N)nc1. The number of piperidine rings is 1. The number of carboxylic acids is 1. The van der Waals surface area contributed by atoms with Crippen LogP contribution in [0, 0.1) is 17.2 Å². The molecule has 0 bridgehead atoms. The van der Waals surface area contributed by atoms with Gasteiger partial charge in [0.15, 0.2) is 0 Å². The molecule has 8 heteroatoms. The largest absolute Gasteiger partial charge is 0.481 e. The van der Waals surface area contributed by atoms with E-state index in [-0.39, 0.29) is 23.2 Å². The second kappa shape index (κ2) is 5.79. The van der Waals surface area contributed by atoms with E-state index in [2.05, 4.69) is 4.98 Å². The van der Waals surface area contributed by atoms with Gasteiger partial charge in [0.25, 0.3) is 0 Å². The highest BCUT2D eigenvalue weighted by Crippen LogP contribution is 2.28. The fourth-order valence-electron chi connectivity index (χ4n) is 2.35. The van der Waals surface area contributed by atoms with Gasteiger partial charge in [-0.15, -0.1) is 0 Å². The zero-order chi connectivity index (χ0) is 15.6. The lowest BCUT2D eigenvalue weighted by Crippen LogP contribution is -2.47. The van der Waals surface area contributed by atoms with Gasteiger partial charge in [0.05, 0.1) is 5.92 Å². The van der Waals surface area contributed by atoms with Crippen molar-refractivity contribution in [2.24, 2.45) is 5.92 Å². The first-order valence-electron chi connectivity index (χ1n) is 6.47. The maximum Gasteiger partial charge on any atom is 0.307 e. The minimum absolute atomic E-state index is 0.0283. The standard InChI is InChI=1S/C13H15N3O4S/c1-9-2-3-10(13(17)18)8-16(9)21(19,20)12-5-4-11(6-14)15-7-12/h4-5,7,9-10H,2-3,8H2,1H3,(H,17,18). The van der Waals surface area contributed by atoms with Crippen molar-refractivity contribution in [3.05, 3.63) is 24.0 Å². The summed E-state index contributed by atoms with van der Waals surface area (Å²) >= 11 is 0. The summed E-state index contributed by atoms with van der Waals surface area (Å²) in [5, 5.41) is 17.8. The van der Waals surface area contributed by atoms with Crippen LogP contribution in [0.3, 0.4) is 0 Å². The fraction of sp³-hybridized carbons (Fsp3) is 0.462. The Morgan fingerprint density at radius 3 is 2.71 bits per heavy atom. The van der Waals surface area contributed by atoms with Crippen molar-refractivity contribution in [2.75, 3.05) is 6.54 Å². The van der Waals surface area contributed by atoms with Crippen LogP contribution < -0.4 is 0 Å². The second-order valence-corrected chi connectivity index (χ2v) is 6.92. The molecule has 1 N–H and O–H groups in total. The van der Waals surface area contributed by atoms with Gasteiger partial charge in [0.1, 0.15) is 16.7 Å². The number of pyridine rings is 1. The van der Waals surface area contributed by atoms with Crippen molar-refractivity contribution in [2.45, 2.75) is 30.7 Å². The number of hydrogen-bond donors (Lipinski definition) is 1. The first-order chi connectivity index (χ1) is 9.86. The highest BCUT2D eigenvalue weighted by atomic mass is 32.2. The van der Waals surface area contributed by atoms with Crippen molar-refractivity contribution < 1.29 is 18.3 Å². The molecular formula is C13H15N3O4S. The molecule has 2 unspecified atom stereocenters. The minimum atomic E-state index is -3.80. The lowest BCUT2D eigenvalue weighted by molar-refractivity contribution is -0.143. The molecule has 21 heavy (non-hydrogen) atoms. The van der Waals surface area contributed by atoms with Gasteiger partial charge in [0, 0.05) is 18.8 Å². The van der Waals surface area contributed by atoms with Gasteiger partial charge in [-0.05, 0) is 31.9 Å². The number of nitriles is 1. The second-order valence-electron chi connectivity index (χ2n) is 5.03. The number of carboxylic acid groups (broad SMARTS) is 1. The summed E-state index contributed by atoms with van der Waals surface area (Å²) in [5.41, 5.74) is 0.129. The van der Waals surface area contributed by atoms with Crippen LogP contribution in [0.2, 0.25) is 0 Å². The van der Waals surface area contributed by atoms with Crippen LogP contribution in [0.25, 0.3) is 0 Å². The van der Waals surface area contributed by atoms with Gasteiger partial charge in [0.2, 0.25) is 10.0 Å². The molecule has 0 aromatic carbocycles. The highest BCUT2D eigenvalue weighted by Gasteiger charge is 2.37. The molecule has 1 aliphatic rings. The van der Waals surface area contributed by atoms with E-state index in [0.29, 0.717) is 12.8 Å². The molecule has 1 aliphatic heterocycles. The van der Waals surface area contributed by atoms with E-state index >= 15 is 0 Å². The monoisotopic (exact) mass is 309 g/mol. The van der Waals surface area contributed by atoms with Crippen molar-refractivity contribution in [1.29, 1.82) is 5.26 Å². The van der Waals surface area contributed by atoms with Crippen LogP contribution in [0.1, 0.15) is 25.5 Å². The van der Waals surface area contributed by atoms with Crippen molar-refractivity contribution in [3.8, 4) is 6.07 Å². The average molecular weight is 309 g/mol. The zero-order valence-corrected chi connectivity index (χ0v) is 12.2. The molecule has 0 aliphatic carbocycles. The molecule has 1 aromatic rings. The molecule has 2 atom stereocenters. The van der Waals surface area contributed by atoms with E-state index in [4.69, 9.17) is 10.4 Å². The third kappa shape index (κ3) is 3.04. The summed E-state index contributed by atoms with van der Waals surface area (Å²) in [5.74, 6) is -1.68. The molecule has 2 rings (SSSR count). The molecule has 2 heterocycles. The number of rotatable bonds is 3. The summed E-state index contributed by atoms with van der Waals surface area (Å²) in [6.45, 7) is 1.71. The predicted octanol–water partition coefficient (Wildman–Crippen LogP) is 0.827. The van der Waals surface area contributed by atoms with Crippen LogP contribution in [-0.4, -0.2) is 41.4 Å². The summed E-state index contributed by atoms with van der Waals surface area (Å²) in [4.78, 5) is 14.8. The summed E-state index contributed by atoms with van der Waals surface area (Å²) < 4.78 is 26.4. The first-order valence-corrected chi connectivity index (χ1v) is 7.91. The third-order valence-corrected chi connectivity index (χ3v) is 5.60. The maximum absolute atomic E-state index is 12.6. The number of nitrogens with zero attached hydrogens (tertiary/aromatic N) is 3. The van der Waals surface area contributed by atoms with E-state index in [9.17, 15) is 13.2 Å². The number of aliphatic carboxylic acids is 1. The Morgan fingerprint density at radius 2 is 2.19 bits per heavy atom. The number of sulfonamides is 1. The van der Waals surface area contributed by atoms with E-state index in [0.717, 1.165) is 6.20 Å². The first kappa shape index (κ1) is 15.4. The van der Waals surface area contributed by atoms with Crippen LogP contribution in [0.15, 0.2) is 23.2 Å². The third-order valence-electron chi connectivity index (χ3n) is 3.63. The molecule has 1 fully saturated rings. The molecular weight excluding hydrogens is 294 g/mol. The highest BCUT2D eigenvalue weighted by molar-refractivity contribution is 7.89. The molecule has 1 aromatic heterocycles. The van der Waals surface area contributed by atoms with E-state index in [1.807, 2.05) is 6.07 Å². The van der Waals surface area contributed by atoms with Crippen LogP contribution in [0.5, 0.6) is 0 Å². The van der Waals surface area contributed by atoms with Crippen molar-refractivity contribution >= 4 is 16.0 Å². The van der Waals surface area contributed by atoms with Gasteiger partial charge in [-0.1, -0.05) is 0 Å². The molecule has 0 radical (unpaired) electrons.